The summed E-state index contributed by atoms with van der Waals surface area (Å²) in [6.45, 7) is 0. The number of hydrogen-bond donors (Lipinski definition) is 0. The molecule has 5 heteroatoms. The monoisotopic (exact) mass is 664 g/mol. The van der Waals surface area contributed by atoms with Gasteiger partial charge in [0, 0.05) is 0 Å². The van der Waals surface area contributed by atoms with Crippen molar-refractivity contribution in [2.24, 2.45) is 0 Å². The Morgan fingerprint density at radius 2 is 0.649 bits per heavy atom. The molecule has 6 aromatic rings. The van der Waals surface area contributed by atoms with E-state index in [9.17, 15) is 0 Å². The fraction of sp³-hybridized carbons (Fsp3) is 0. The van der Waals surface area contributed by atoms with Crippen LogP contribution in [0.3, 0.4) is 0 Å². The molecule has 0 radical (unpaired) electrons. The first-order chi connectivity index (χ1) is 18.3. The zero-order chi connectivity index (χ0) is 24.9. The van der Waals surface area contributed by atoms with E-state index in [1.54, 1.807) is 5.85 Å². The molecular formula is C32H24P2S2Te. The molecular weight excluding hydrogens is 638 g/mol. The molecule has 0 bridgehead atoms. The molecule has 37 heavy (non-hydrogen) atoms. The summed E-state index contributed by atoms with van der Waals surface area (Å²) in [5, 5.41) is 5.69. The Morgan fingerprint density at radius 1 is 0.351 bits per heavy atom. The first-order valence-corrected chi connectivity index (χ1v) is 18.7. The molecule has 0 aliphatic carbocycles. The van der Waals surface area contributed by atoms with Gasteiger partial charge in [0.05, 0.1) is 0 Å². The van der Waals surface area contributed by atoms with E-state index in [1.165, 1.54) is 30.5 Å². The zero-order valence-electron chi connectivity index (χ0n) is 20.0. The van der Waals surface area contributed by atoms with Crippen molar-refractivity contribution in [1.29, 1.82) is 0 Å². The third-order valence-corrected chi connectivity index (χ3v) is 17.8. The van der Waals surface area contributed by atoms with Crippen LogP contribution in [0.5, 0.6) is 0 Å². The number of benzene rings is 4. The van der Waals surface area contributed by atoms with Crippen molar-refractivity contribution in [2.75, 3.05) is 0 Å². The van der Waals surface area contributed by atoms with E-state index in [4.69, 9.17) is 0 Å². The molecule has 0 aliphatic heterocycles. The van der Waals surface area contributed by atoms with Crippen LogP contribution < -0.4 is 36.3 Å². The van der Waals surface area contributed by atoms with Crippen LogP contribution in [0.4, 0.5) is 0 Å². The Bertz CT molecular complexity index is 1350. The van der Waals surface area contributed by atoms with E-state index in [-0.39, 0.29) is 0 Å². The van der Waals surface area contributed by atoms with Crippen molar-refractivity contribution in [1.82, 2.24) is 0 Å². The van der Waals surface area contributed by atoms with Gasteiger partial charge < -0.3 is 0 Å². The second-order valence-electron chi connectivity index (χ2n) is 8.30. The minimum absolute atomic E-state index is 0.421. The van der Waals surface area contributed by atoms with Crippen molar-refractivity contribution in [3.8, 4) is 0 Å². The predicted molar refractivity (Wildman–Crippen MR) is 171 cm³/mol. The van der Waals surface area contributed by atoms with Crippen LogP contribution in [0.25, 0.3) is 0 Å². The molecule has 0 amide bonds. The van der Waals surface area contributed by atoms with Gasteiger partial charge in [-0.2, -0.15) is 0 Å². The van der Waals surface area contributed by atoms with E-state index < -0.39 is 36.8 Å². The second kappa shape index (κ2) is 12.2. The van der Waals surface area contributed by atoms with Crippen LogP contribution in [0.15, 0.2) is 146 Å². The minimum atomic E-state index is -0.520. The van der Waals surface area contributed by atoms with Gasteiger partial charge in [-0.3, -0.25) is 0 Å². The fourth-order valence-corrected chi connectivity index (χ4v) is 18.1. The average Bonchev–Trinajstić information content (AvgIpc) is 3.62. The van der Waals surface area contributed by atoms with Crippen LogP contribution >= 0.6 is 38.5 Å². The van der Waals surface area contributed by atoms with E-state index in [1.807, 2.05) is 22.7 Å². The van der Waals surface area contributed by atoms with Crippen molar-refractivity contribution in [3.05, 3.63) is 146 Å². The molecule has 4 aromatic carbocycles. The SMILES string of the molecule is c1ccc(P(c2ccccc2)c2ccc([Te]c3ccc(P(c4ccccc4)c4ccccc4)s3)s2)cc1. The summed E-state index contributed by atoms with van der Waals surface area (Å²) in [5.74, 6) is 0. The van der Waals surface area contributed by atoms with Crippen LogP contribution in [-0.2, 0) is 0 Å². The van der Waals surface area contributed by atoms with E-state index in [0.29, 0.717) is 0 Å². The van der Waals surface area contributed by atoms with E-state index >= 15 is 0 Å². The molecule has 0 atom stereocenters. The second-order valence-corrected chi connectivity index (χ2v) is 20.2. The van der Waals surface area contributed by atoms with Gasteiger partial charge >= 0.3 is 241 Å². The summed E-state index contributed by atoms with van der Waals surface area (Å²) in [7, 11) is -1.04. The molecule has 0 saturated heterocycles. The third-order valence-electron chi connectivity index (χ3n) is 5.83. The molecule has 0 saturated carbocycles. The van der Waals surface area contributed by atoms with Crippen LogP contribution in [0.2, 0.25) is 0 Å². The fourth-order valence-electron chi connectivity index (χ4n) is 4.19. The van der Waals surface area contributed by atoms with Crippen LogP contribution in [0, 0.1) is 0 Å². The molecule has 0 nitrogen and oxygen atoms in total. The van der Waals surface area contributed by atoms with Crippen LogP contribution in [-0.4, -0.2) is 20.9 Å². The molecule has 0 spiro atoms. The summed E-state index contributed by atoms with van der Waals surface area (Å²) in [6, 6.07) is 53.7. The van der Waals surface area contributed by atoms with E-state index in [2.05, 4.69) is 146 Å². The maximum absolute atomic E-state index is 2.40. The standard InChI is InChI=1S/C32H24P2S2Te/c1-5-13-25(14-6-1)33(26-15-7-2-8-16-26)29-21-23-31(35-29)37-32-24-22-30(36-32)34(27-17-9-3-10-18-27)28-19-11-4-12-20-28/h1-24H. The van der Waals surface area contributed by atoms with E-state index in [0.717, 1.165) is 0 Å². The van der Waals surface area contributed by atoms with Gasteiger partial charge in [0.2, 0.25) is 0 Å². The summed E-state index contributed by atoms with van der Waals surface area (Å²) in [6.07, 6.45) is 0. The molecule has 0 unspecified atom stereocenters. The van der Waals surface area contributed by atoms with Gasteiger partial charge in [-0.05, 0) is 0 Å². The van der Waals surface area contributed by atoms with Gasteiger partial charge in [0.25, 0.3) is 0 Å². The van der Waals surface area contributed by atoms with Gasteiger partial charge in [-0.1, -0.05) is 0 Å². The van der Waals surface area contributed by atoms with Crippen molar-refractivity contribution in [3.63, 3.8) is 0 Å². The van der Waals surface area contributed by atoms with Crippen LogP contribution in [0.1, 0.15) is 0 Å². The van der Waals surface area contributed by atoms with Crippen molar-refractivity contribution < 1.29 is 0 Å². The molecule has 6 rings (SSSR count). The molecule has 2 heterocycles. The first-order valence-electron chi connectivity index (χ1n) is 12.0. The van der Waals surface area contributed by atoms with Gasteiger partial charge in [-0.25, -0.2) is 0 Å². The normalized spacial score (nSPS) is 11.3. The molecule has 0 fully saturated rings. The number of hydrogen-bond acceptors (Lipinski definition) is 2. The average molecular weight is 662 g/mol. The molecule has 180 valence electrons. The van der Waals surface area contributed by atoms with Gasteiger partial charge in [0.1, 0.15) is 0 Å². The number of rotatable bonds is 8. The van der Waals surface area contributed by atoms with Gasteiger partial charge in [-0.15, -0.1) is 0 Å². The first kappa shape index (κ1) is 25.2. The molecule has 0 N–H and O–H groups in total. The Balaban J connectivity index is 1.28. The van der Waals surface area contributed by atoms with Crippen molar-refractivity contribution in [2.45, 2.75) is 0 Å². The summed E-state index contributed by atoms with van der Waals surface area (Å²) >= 11 is 3.65. The maximum atomic E-state index is 2.40. The molecule has 2 aromatic heterocycles. The quantitative estimate of drug-likeness (QED) is 0.160. The Kier molecular flexibility index (Phi) is 8.31. The van der Waals surface area contributed by atoms with Crippen molar-refractivity contribution >= 4 is 95.7 Å². The Labute approximate surface area is 239 Å². The predicted octanol–water partition coefficient (Wildman–Crippen LogP) is 4.98. The Hall–Kier alpha value is -2.07. The van der Waals surface area contributed by atoms with Gasteiger partial charge in [0.15, 0.2) is 0 Å². The topological polar surface area (TPSA) is 0 Å². The summed E-state index contributed by atoms with van der Waals surface area (Å²) in [4.78, 5) is 0. The third kappa shape index (κ3) is 6.00. The Morgan fingerprint density at radius 3 is 0.946 bits per heavy atom. The summed E-state index contributed by atoms with van der Waals surface area (Å²) in [5.41, 5.74) is 0. The summed E-state index contributed by atoms with van der Waals surface area (Å²) < 4.78 is 6.13. The zero-order valence-corrected chi connectivity index (χ0v) is 25.7. The molecule has 0 aliphatic rings. The number of thiophene rings is 2.